The van der Waals surface area contributed by atoms with Crippen molar-refractivity contribution in [2.75, 3.05) is 0 Å². The van der Waals surface area contributed by atoms with Crippen LogP contribution in [-0.4, -0.2) is 19.6 Å². The summed E-state index contributed by atoms with van der Waals surface area (Å²) in [7, 11) is 0. The fourth-order valence-corrected chi connectivity index (χ4v) is 3.95. The molecule has 0 saturated heterocycles. The van der Waals surface area contributed by atoms with Gasteiger partial charge in [0.1, 0.15) is 23.7 Å². The second-order valence-corrected chi connectivity index (χ2v) is 6.64. The van der Waals surface area contributed by atoms with Crippen LogP contribution in [0.25, 0.3) is 16.4 Å². The van der Waals surface area contributed by atoms with Crippen molar-refractivity contribution < 1.29 is 9.15 Å². The van der Waals surface area contributed by atoms with Gasteiger partial charge in [-0.15, -0.1) is 0 Å². The van der Waals surface area contributed by atoms with Gasteiger partial charge in [-0.3, -0.25) is 0 Å². The number of nitrogens with zero attached hydrogens (tertiary/aromatic N) is 4. The van der Waals surface area contributed by atoms with Crippen LogP contribution in [0.15, 0.2) is 65.5 Å². The number of aromatic nitrogens is 4. The number of ether oxygens (including phenoxy) is 1. The van der Waals surface area contributed by atoms with Gasteiger partial charge in [0, 0.05) is 5.56 Å². The van der Waals surface area contributed by atoms with Gasteiger partial charge in [0.25, 0.3) is 0 Å². The number of fused-ring (bicyclic) bond motifs is 6. The SMILES string of the molecule is Cc1nc2c3c(ncn2n1)Oc1ccc2ccccc2c1[C@@H]3c1ccco1. The van der Waals surface area contributed by atoms with Crippen molar-refractivity contribution in [3.63, 3.8) is 0 Å². The van der Waals surface area contributed by atoms with E-state index in [1.165, 1.54) is 0 Å². The Kier molecular flexibility index (Phi) is 2.78. The molecule has 3 aromatic heterocycles. The van der Waals surface area contributed by atoms with Gasteiger partial charge in [0.2, 0.25) is 5.88 Å². The molecule has 0 saturated carbocycles. The third kappa shape index (κ3) is 1.98. The van der Waals surface area contributed by atoms with Gasteiger partial charge in [-0.05, 0) is 35.9 Å². The molecule has 130 valence electrons. The molecular weight excluding hydrogens is 340 g/mol. The number of furan rings is 1. The molecule has 0 spiro atoms. The van der Waals surface area contributed by atoms with Gasteiger partial charge in [0.15, 0.2) is 5.65 Å². The minimum absolute atomic E-state index is 0.176. The molecule has 0 unspecified atom stereocenters. The molecule has 6 heteroatoms. The third-order valence-electron chi connectivity index (χ3n) is 5.04. The van der Waals surface area contributed by atoms with E-state index in [-0.39, 0.29) is 5.92 Å². The monoisotopic (exact) mass is 354 g/mol. The molecule has 0 bridgehead atoms. The van der Waals surface area contributed by atoms with Crippen LogP contribution in [0.2, 0.25) is 0 Å². The second kappa shape index (κ2) is 5.17. The molecule has 6 nitrogen and oxygen atoms in total. The lowest BCUT2D eigenvalue weighted by molar-refractivity contribution is 0.418. The first kappa shape index (κ1) is 14.5. The molecule has 2 aromatic carbocycles. The summed E-state index contributed by atoms with van der Waals surface area (Å²) in [4.78, 5) is 9.13. The molecule has 0 fully saturated rings. The fourth-order valence-electron chi connectivity index (χ4n) is 3.95. The Labute approximate surface area is 154 Å². The number of hydrogen-bond donors (Lipinski definition) is 0. The maximum atomic E-state index is 6.20. The first-order valence-electron chi connectivity index (χ1n) is 8.74. The van der Waals surface area contributed by atoms with Crippen molar-refractivity contribution in [2.24, 2.45) is 0 Å². The maximum Gasteiger partial charge on any atom is 0.228 e. The lowest BCUT2D eigenvalue weighted by atomic mass is 9.84. The van der Waals surface area contributed by atoms with E-state index in [1.54, 1.807) is 17.1 Å². The smallest absolute Gasteiger partial charge is 0.228 e. The normalized spacial score (nSPS) is 15.5. The van der Waals surface area contributed by atoms with Gasteiger partial charge in [-0.2, -0.15) is 5.10 Å². The third-order valence-corrected chi connectivity index (χ3v) is 5.04. The lowest BCUT2D eigenvalue weighted by Crippen LogP contribution is -2.15. The molecule has 1 aliphatic rings. The Morgan fingerprint density at radius 3 is 2.81 bits per heavy atom. The highest BCUT2D eigenvalue weighted by molar-refractivity contribution is 5.90. The van der Waals surface area contributed by atoms with Gasteiger partial charge >= 0.3 is 0 Å². The highest BCUT2D eigenvalue weighted by atomic mass is 16.5. The predicted molar refractivity (Wildman–Crippen MR) is 99.2 cm³/mol. The molecular formula is C21H14N4O2. The molecule has 1 aliphatic heterocycles. The average molecular weight is 354 g/mol. The first-order valence-corrected chi connectivity index (χ1v) is 8.74. The Hall–Kier alpha value is -3.67. The number of hydrogen-bond acceptors (Lipinski definition) is 5. The maximum absolute atomic E-state index is 6.20. The van der Waals surface area contributed by atoms with Crippen molar-refractivity contribution in [1.29, 1.82) is 0 Å². The molecule has 6 rings (SSSR count). The zero-order chi connectivity index (χ0) is 18.0. The molecule has 1 atom stereocenters. The van der Waals surface area contributed by atoms with Crippen LogP contribution in [0.3, 0.4) is 0 Å². The summed E-state index contributed by atoms with van der Waals surface area (Å²) in [6.45, 7) is 1.87. The second-order valence-electron chi connectivity index (χ2n) is 6.64. The zero-order valence-corrected chi connectivity index (χ0v) is 14.5. The van der Waals surface area contributed by atoms with Crippen molar-refractivity contribution in [3.8, 4) is 11.6 Å². The summed E-state index contributed by atoms with van der Waals surface area (Å²) >= 11 is 0. The molecule has 5 aromatic rings. The minimum atomic E-state index is -0.176. The van der Waals surface area contributed by atoms with Crippen LogP contribution in [-0.2, 0) is 0 Å². The molecule has 0 amide bonds. The molecule has 27 heavy (non-hydrogen) atoms. The summed E-state index contributed by atoms with van der Waals surface area (Å²) in [5.41, 5.74) is 2.67. The standard InChI is InChI=1S/C21H14N4O2/c1-12-23-20-19-18(15-7-4-10-26-15)17-14-6-3-2-5-13(14)8-9-16(17)27-21(19)22-11-25(20)24-12/h2-11,18H,1H3/t18-/m0/s1. The summed E-state index contributed by atoms with van der Waals surface area (Å²) in [6.07, 6.45) is 3.33. The van der Waals surface area contributed by atoms with Crippen molar-refractivity contribution in [3.05, 3.63) is 83.8 Å². The van der Waals surface area contributed by atoms with Crippen LogP contribution in [0.4, 0.5) is 0 Å². The van der Waals surface area contributed by atoms with Gasteiger partial charge < -0.3 is 9.15 Å². The fraction of sp³-hybridized carbons (Fsp3) is 0.0952. The lowest BCUT2D eigenvalue weighted by Gasteiger charge is -2.27. The van der Waals surface area contributed by atoms with E-state index >= 15 is 0 Å². The number of benzene rings is 2. The van der Waals surface area contributed by atoms with E-state index in [9.17, 15) is 0 Å². The van der Waals surface area contributed by atoms with Gasteiger partial charge in [-0.1, -0.05) is 30.3 Å². The van der Waals surface area contributed by atoms with Crippen LogP contribution < -0.4 is 4.74 Å². The minimum Gasteiger partial charge on any atom is -0.468 e. The highest BCUT2D eigenvalue weighted by Crippen LogP contribution is 2.50. The average Bonchev–Trinajstić information content (AvgIpc) is 3.35. The molecule has 0 radical (unpaired) electrons. The predicted octanol–water partition coefficient (Wildman–Crippen LogP) is 4.46. The van der Waals surface area contributed by atoms with Gasteiger partial charge in [0.05, 0.1) is 17.7 Å². The van der Waals surface area contributed by atoms with Crippen LogP contribution in [0.1, 0.15) is 28.6 Å². The van der Waals surface area contributed by atoms with Crippen molar-refractivity contribution in [2.45, 2.75) is 12.8 Å². The topological polar surface area (TPSA) is 65.5 Å². The Morgan fingerprint density at radius 2 is 1.93 bits per heavy atom. The van der Waals surface area contributed by atoms with E-state index < -0.39 is 0 Å². The Bertz CT molecular complexity index is 1320. The van der Waals surface area contributed by atoms with E-state index in [2.05, 4.69) is 33.3 Å². The summed E-state index contributed by atoms with van der Waals surface area (Å²) in [6, 6.07) is 16.2. The molecule has 0 aliphatic carbocycles. The number of rotatable bonds is 1. The van der Waals surface area contributed by atoms with Crippen LogP contribution >= 0.6 is 0 Å². The quantitative estimate of drug-likeness (QED) is 0.436. The van der Waals surface area contributed by atoms with Gasteiger partial charge in [-0.25, -0.2) is 14.5 Å². The molecule has 4 heterocycles. The van der Waals surface area contributed by atoms with Crippen LogP contribution in [0.5, 0.6) is 11.6 Å². The summed E-state index contributed by atoms with van der Waals surface area (Å²) in [5.74, 6) is 2.67. The largest absolute Gasteiger partial charge is 0.468 e. The van der Waals surface area contributed by atoms with E-state index in [0.717, 1.165) is 39.1 Å². The Morgan fingerprint density at radius 1 is 1.00 bits per heavy atom. The highest BCUT2D eigenvalue weighted by Gasteiger charge is 2.36. The van der Waals surface area contributed by atoms with E-state index in [4.69, 9.17) is 9.15 Å². The van der Waals surface area contributed by atoms with Crippen molar-refractivity contribution in [1.82, 2.24) is 19.6 Å². The van der Waals surface area contributed by atoms with Crippen LogP contribution in [0, 0.1) is 6.92 Å². The summed E-state index contributed by atoms with van der Waals surface area (Å²) < 4.78 is 13.7. The first-order chi connectivity index (χ1) is 13.3. The van der Waals surface area contributed by atoms with E-state index in [1.807, 2.05) is 37.3 Å². The Balaban J connectivity index is 1.76. The number of aryl methyl sites for hydroxylation is 1. The van der Waals surface area contributed by atoms with Crippen molar-refractivity contribution >= 4 is 16.4 Å². The zero-order valence-electron chi connectivity index (χ0n) is 14.5. The summed E-state index contributed by atoms with van der Waals surface area (Å²) in [5, 5.41) is 6.69. The van der Waals surface area contributed by atoms with E-state index in [0.29, 0.717) is 11.7 Å². The molecule has 0 N–H and O–H groups in total.